The summed E-state index contributed by atoms with van der Waals surface area (Å²) < 4.78 is 10.9. The standard InChI is InChI=1S/C26H23N3O4S/c1-3-16-6-12-23-21(14-16)28-25(33-23)20-15-18(8-11-22(20)30)27-26(34)29-24(31)13-7-17-4-9-19(32-2)10-5-17/h4-15,30H,3H2,1-2H3,(H2,27,29,31,34)/b13-7+. The first-order valence-corrected chi connectivity index (χ1v) is 11.0. The van der Waals surface area contributed by atoms with Crippen molar-refractivity contribution in [3.8, 4) is 23.0 Å². The lowest BCUT2D eigenvalue weighted by Gasteiger charge is -2.10. The third-order valence-corrected chi connectivity index (χ3v) is 5.33. The highest BCUT2D eigenvalue weighted by molar-refractivity contribution is 7.80. The number of nitrogens with one attached hydrogen (secondary N) is 2. The summed E-state index contributed by atoms with van der Waals surface area (Å²) in [7, 11) is 1.60. The molecule has 0 aliphatic heterocycles. The van der Waals surface area contributed by atoms with E-state index in [4.69, 9.17) is 21.4 Å². The van der Waals surface area contributed by atoms with E-state index in [1.807, 2.05) is 42.5 Å². The van der Waals surface area contributed by atoms with Crippen molar-refractivity contribution >= 4 is 46.1 Å². The summed E-state index contributed by atoms with van der Waals surface area (Å²) in [6.45, 7) is 2.07. The van der Waals surface area contributed by atoms with Gasteiger partial charge in [-0.25, -0.2) is 4.98 Å². The van der Waals surface area contributed by atoms with Crippen LogP contribution in [0.3, 0.4) is 0 Å². The van der Waals surface area contributed by atoms with Crippen molar-refractivity contribution in [2.45, 2.75) is 13.3 Å². The van der Waals surface area contributed by atoms with Crippen LogP contribution in [0.5, 0.6) is 11.5 Å². The van der Waals surface area contributed by atoms with E-state index in [1.165, 1.54) is 12.1 Å². The van der Waals surface area contributed by atoms with E-state index in [1.54, 1.807) is 25.3 Å². The van der Waals surface area contributed by atoms with Crippen LogP contribution in [0, 0.1) is 0 Å². The highest BCUT2D eigenvalue weighted by Gasteiger charge is 2.14. The highest BCUT2D eigenvalue weighted by atomic mass is 32.1. The minimum absolute atomic E-state index is 0.0187. The van der Waals surface area contributed by atoms with Gasteiger partial charge in [-0.05, 0) is 78.3 Å². The number of benzene rings is 3. The second-order valence-electron chi connectivity index (χ2n) is 7.46. The molecule has 0 fully saturated rings. The van der Waals surface area contributed by atoms with Crippen LogP contribution in [0.4, 0.5) is 5.69 Å². The molecule has 0 aliphatic rings. The summed E-state index contributed by atoms with van der Waals surface area (Å²) >= 11 is 5.25. The van der Waals surface area contributed by atoms with Crippen LogP contribution < -0.4 is 15.4 Å². The fourth-order valence-electron chi connectivity index (χ4n) is 3.30. The number of phenolic OH excluding ortho intramolecular Hbond substituents is 1. The Morgan fingerprint density at radius 2 is 1.94 bits per heavy atom. The van der Waals surface area contributed by atoms with Crippen molar-refractivity contribution in [3.63, 3.8) is 0 Å². The maximum atomic E-state index is 12.2. The van der Waals surface area contributed by atoms with Crippen molar-refractivity contribution in [1.82, 2.24) is 10.3 Å². The number of rotatable bonds is 6. The Morgan fingerprint density at radius 3 is 2.68 bits per heavy atom. The largest absolute Gasteiger partial charge is 0.507 e. The number of carbonyl (C=O) groups excluding carboxylic acids is 1. The monoisotopic (exact) mass is 473 g/mol. The molecule has 3 aromatic carbocycles. The number of hydrogen-bond donors (Lipinski definition) is 3. The van der Waals surface area contributed by atoms with Crippen LogP contribution in [-0.2, 0) is 11.2 Å². The van der Waals surface area contributed by atoms with Crippen LogP contribution >= 0.6 is 12.2 Å². The first-order chi connectivity index (χ1) is 16.4. The van der Waals surface area contributed by atoms with Crippen LogP contribution in [0.15, 0.2) is 71.2 Å². The van der Waals surface area contributed by atoms with Gasteiger partial charge in [0.05, 0.1) is 12.7 Å². The summed E-state index contributed by atoms with van der Waals surface area (Å²) in [5.41, 5.74) is 4.33. The SMILES string of the molecule is CCc1ccc2oc(-c3cc(NC(=S)NC(=O)/C=C/c4ccc(OC)cc4)ccc3O)nc2c1. The van der Waals surface area contributed by atoms with Crippen molar-refractivity contribution in [3.05, 3.63) is 77.9 Å². The third kappa shape index (κ3) is 5.41. The summed E-state index contributed by atoms with van der Waals surface area (Å²) in [6, 6.07) is 17.9. The number of aromatic nitrogens is 1. The molecule has 1 heterocycles. The number of aromatic hydroxyl groups is 1. The number of anilines is 1. The van der Waals surface area contributed by atoms with E-state index in [9.17, 15) is 9.90 Å². The quantitative estimate of drug-likeness (QED) is 0.199. The molecule has 1 amide bonds. The zero-order valence-electron chi connectivity index (χ0n) is 18.7. The Balaban J connectivity index is 1.43. The minimum Gasteiger partial charge on any atom is -0.507 e. The smallest absolute Gasteiger partial charge is 0.250 e. The number of hydrogen-bond acceptors (Lipinski definition) is 6. The van der Waals surface area contributed by atoms with Gasteiger partial charge in [-0.3, -0.25) is 10.1 Å². The molecule has 0 saturated heterocycles. The van der Waals surface area contributed by atoms with Crippen molar-refractivity contribution in [2.75, 3.05) is 12.4 Å². The van der Waals surface area contributed by atoms with Gasteiger partial charge in [0.15, 0.2) is 10.7 Å². The molecule has 0 radical (unpaired) electrons. The lowest BCUT2D eigenvalue weighted by Crippen LogP contribution is -2.32. The average molecular weight is 474 g/mol. The Kier molecular flexibility index (Phi) is 6.89. The zero-order valence-corrected chi connectivity index (χ0v) is 19.5. The Hall–Kier alpha value is -4.17. The number of ether oxygens (including phenoxy) is 1. The number of phenols is 1. The zero-order chi connectivity index (χ0) is 24.1. The molecule has 0 bridgehead atoms. The first kappa shape index (κ1) is 23.0. The third-order valence-electron chi connectivity index (χ3n) is 5.12. The molecule has 0 saturated carbocycles. The van der Waals surface area contributed by atoms with Crippen LogP contribution in [0.1, 0.15) is 18.1 Å². The van der Waals surface area contributed by atoms with E-state index in [0.717, 1.165) is 28.8 Å². The van der Waals surface area contributed by atoms with Crippen molar-refractivity contribution in [2.24, 2.45) is 0 Å². The molecule has 0 atom stereocenters. The molecular weight excluding hydrogens is 450 g/mol. The Labute approximate surface area is 202 Å². The summed E-state index contributed by atoms with van der Waals surface area (Å²) in [6.07, 6.45) is 3.95. The molecule has 0 aliphatic carbocycles. The second-order valence-corrected chi connectivity index (χ2v) is 7.86. The first-order valence-electron chi connectivity index (χ1n) is 10.6. The minimum atomic E-state index is -0.377. The maximum absolute atomic E-state index is 12.2. The normalized spacial score (nSPS) is 11.0. The number of aryl methyl sites for hydroxylation is 1. The topological polar surface area (TPSA) is 96.6 Å². The molecule has 4 aromatic rings. The predicted molar refractivity (Wildman–Crippen MR) is 137 cm³/mol. The van der Waals surface area contributed by atoms with Crippen LogP contribution in [0.2, 0.25) is 0 Å². The van der Waals surface area contributed by atoms with Crippen molar-refractivity contribution in [1.29, 1.82) is 0 Å². The Bertz CT molecular complexity index is 1380. The van der Waals surface area contributed by atoms with Gasteiger partial charge < -0.3 is 19.6 Å². The maximum Gasteiger partial charge on any atom is 0.250 e. The second kappa shape index (κ2) is 10.2. The average Bonchev–Trinajstić information content (AvgIpc) is 3.27. The van der Waals surface area contributed by atoms with Gasteiger partial charge in [-0.15, -0.1) is 0 Å². The van der Waals surface area contributed by atoms with Gasteiger partial charge >= 0.3 is 0 Å². The van der Waals surface area contributed by atoms with Gasteiger partial charge in [0.1, 0.15) is 17.0 Å². The molecule has 0 unspecified atom stereocenters. The summed E-state index contributed by atoms with van der Waals surface area (Å²) in [5.74, 6) is 0.675. The molecular formula is C26H23N3O4S. The van der Waals surface area contributed by atoms with E-state index < -0.39 is 0 Å². The van der Waals surface area contributed by atoms with E-state index in [2.05, 4.69) is 22.5 Å². The molecule has 172 valence electrons. The fraction of sp³-hybridized carbons (Fsp3) is 0.115. The molecule has 7 nitrogen and oxygen atoms in total. The van der Waals surface area contributed by atoms with Gasteiger partial charge in [0, 0.05) is 11.8 Å². The number of thiocarbonyl (C=S) groups is 1. The molecule has 8 heteroatoms. The summed E-state index contributed by atoms with van der Waals surface area (Å²) in [5, 5.41) is 16.0. The molecule has 0 spiro atoms. The number of carbonyl (C=O) groups is 1. The number of nitrogens with zero attached hydrogens (tertiary/aromatic N) is 1. The van der Waals surface area contributed by atoms with Gasteiger partial charge in [0.2, 0.25) is 11.8 Å². The molecule has 34 heavy (non-hydrogen) atoms. The van der Waals surface area contributed by atoms with Crippen LogP contribution in [-0.4, -0.2) is 28.2 Å². The molecule has 4 rings (SSSR count). The van der Waals surface area contributed by atoms with E-state index in [-0.39, 0.29) is 16.8 Å². The Morgan fingerprint density at radius 1 is 1.15 bits per heavy atom. The number of oxazole rings is 1. The van der Waals surface area contributed by atoms with E-state index >= 15 is 0 Å². The summed E-state index contributed by atoms with van der Waals surface area (Å²) in [4.78, 5) is 16.7. The number of amides is 1. The van der Waals surface area contributed by atoms with Crippen LogP contribution in [0.25, 0.3) is 28.6 Å². The highest BCUT2D eigenvalue weighted by Crippen LogP contribution is 2.33. The van der Waals surface area contributed by atoms with Gasteiger partial charge in [-0.1, -0.05) is 25.1 Å². The lowest BCUT2D eigenvalue weighted by atomic mass is 10.1. The molecule has 3 N–H and O–H groups in total. The predicted octanol–water partition coefficient (Wildman–Crippen LogP) is 5.30. The number of fused-ring (bicyclic) bond motifs is 1. The fourth-order valence-corrected chi connectivity index (χ4v) is 3.51. The van der Waals surface area contributed by atoms with E-state index in [0.29, 0.717) is 22.7 Å². The van der Waals surface area contributed by atoms with Gasteiger partial charge in [0.25, 0.3) is 0 Å². The lowest BCUT2D eigenvalue weighted by molar-refractivity contribution is -0.115. The van der Waals surface area contributed by atoms with Crippen molar-refractivity contribution < 1.29 is 19.1 Å². The molecule has 1 aromatic heterocycles. The number of methoxy groups -OCH3 is 1. The van der Waals surface area contributed by atoms with Gasteiger partial charge in [-0.2, -0.15) is 0 Å².